The highest BCUT2D eigenvalue weighted by Gasteiger charge is 2.47. The maximum Gasteiger partial charge on any atom is 0.176 e. The van der Waals surface area contributed by atoms with Gasteiger partial charge in [-0.1, -0.05) is 45.0 Å². The summed E-state index contributed by atoms with van der Waals surface area (Å²) in [6, 6.07) is 39.3. The quantitative estimate of drug-likeness (QED) is 0.0321. The number of ether oxygens (including phenoxy) is 11. The van der Waals surface area contributed by atoms with E-state index < -0.39 is 0 Å². The molecule has 2 aliphatic rings. The fraction of sp³-hybridized carbons (Fsp3) is 0.363. The zero-order chi connectivity index (χ0) is 108. The first-order valence-electron chi connectivity index (χ1n) is 47.2. The second-order valence-electron chi connectivity index (χ2n) is 35.6. The smallest absolute Gasteiger partial charge is 0.176 e. The second-order valence-corrected chi connectivity index (χ2v) is 44.4. The van der Waals surface area contributed by atoms with Crippen molar-refractivity contribution in [2.45, 2.75) is 153 Å². The largest absolute Gasteiger partial charge is 0.496 e. The fourth-order valence-corrected chi connectivity index (χ4v) is 24.3. The molecule has 7 aromatic carbocycles. The lowest BCUT2D eigenvalue weighted by Gasteiger charge is -2.16. The number of carbonyl (C=O) groups excluding carboxylic acids is 14. The van der Waals surface area contributed by atoms with Crippen LogP contribution >= 0.6 is 107 Å². The summed E-state index contributed by atoms with van der Waals surface area (Å²) in [4.78, 5) is 170. The van der Waals surface area contributed by atoms with Gasteiger partial charge < -0.3 is 66.5 Å². The summed E-state index contributed by atoms with van der Waals surface area (Å²) >= 11 is 19.5. The summed E-state index contributed by atoms with van der Waals surface area (Å²) in [5.74, 6) is 7.75. The Kier molecular flexibility index (Phi) is 43.1. The minimum absolute atomic E-state index is 0.00788. The van der Waals surface area contributed by atoms with Gasteiger partial charge in [-0.05, 0) is 243 Å². The highest BCUT2D eigenvalue weighted by molar-refractivity contribution is 9.10. The van der Waals surface area contributed by atoms with Crippen molar-refractivity contribution in [1.29, 1.82) is 0 Å². The molecule has 16 rings (SSSR count). The zero-order valence-corrected chi connectivity index (χ0v) is 94.0. The number of thiophene rings is 7. The molecule has 0 amide bonds. The Morgan fingerprint density at radius 2 is 0.633 bits per heavy atom. The molecule has 7 aromatic heterocycles. The molecule has 0 spiro atoms. The van der Waals surface area contributed by atoms with Crippen LogP contribution in [0.1, 0.15) is 226 Å². The lowest BCUT2D eigenvalue weighted by atomic mass is 9.87. The number of rotatable bonds is 42. The molecule has 14 aromatic rings. The molecule has 0 saturated heterocycles. The van der Waals surface area contributed by atoms with Gasteiger partial charge >= 0.3 is 0 Å². The number of benzene rings is 7. The standard InChI is InChI=1S/C18H20O4S.C18H22O4S.C17H20O4S.C16H16O4S.C16H16O3S.C14H13BrO3S.C14H13ClO3S/c1-10(19)13(11-4-5-11)8-14(20)18-7-12-6-15(21-2)16(22-3)9-17(12)23-18;1-10(2)13(11(3)19)8-14(20)18-7-12-6-15(21-4)16(22-5)9-17(12)23-18;1-5-11(10(2)18)6-13(19)17-8-12-7-14(20-3)15(21-4)9-16(12)22-17;1-8(17)10-6-11(10)16(18)15-5-9-4-12(19-2)13(20-3)7-14(9)21-15;1-4-11-8-15-12(7-14(11)19-3)9-16(20-15)13(18)6-5-10(2)17;1-8(16)3-4-11(17)14-6-9-5-12(18-2)10(15)7-13(9)19-14;1-8(16)3-4-11(17)14-6-9-5-10(15)12(18-2)7-13(9)19-14/h6-7,9,11,13H,4-5,8H2,1-3H3;6-7,9-10,13H,8H2,1-5H3;7-9,11H,5-6H2,1-4H3;4-5,7,10-11H,6H2,1-3H3;4,7-9H,1,5-6H2,2-3H3;2*5-7H,3-4H2,1-2H3. The first-order valence-corrected chi connectivity index (χ1v) is 54.0. The molecule has 2 saturated carbocycles. The Labute approximate surface area is 895 Å². The van der Waals surface area contributed by atoms with Crippen LogP contribution in [0.15, 0.2) is 138 Å². The lowest BCUT2D eigenvalue weighted by Crippen LogP contribution is -2.21. The number of hydrogen-bond acceptors (Lipinski definition) is 32. The molecule has 5 unspecified atom stereocenters. The number of ketones is 14. The van der Waals surface area contributed by atoms with E-state index in [1.807, 2.05) is 142 Å². The molecule has 147 heavy (non-hydrogen) atoms. The van der Waals surface area contributed by atoms with Crippen molar-refractivity contribution >= 4 is 265 Å². The van der Waals surface area contributed by atoms with Gasteiger partial charge in [-0.2, -0.15) is 0 Å². The van der Waals surface area contributed by atoms with Crippen molar-refractivity contribution in [2.24, 2.45) is 41.4 Å². The van der Waals surface area contributed by atoms with Gasteiger partial charge in [0.05, 0.1) is 122 Å². The average molecular weight is 2220 g/mol. The second kappa shape index (κ2) is 54.2. The van der Waals surface area contributed by atoms with Crippen molar-refractivity contribution in [3.05, 3.63) is 183 Å². The number of hydrogen-bond donors (Lipinski definition) is 0. The van der Waals surface area contributed by atoms with Gasteiger partial charge in [-0.15, -0.1) is 79.4 Å². The average Bonchev–Trinajstić information content (AvgIpc) is 1.62. The summed E-state index contributed by atoms with van der Waals surface area (Å²) in [5, 5.41) is 7.21. The monoisotopic (exact) mass is 2210 g/mol. The van der Waals surface area contributed by atoms with E-state index in [1.165, 1.54) is 100 Å². The van der Waals surface area contributed by atoms with Gasteiger partial charge in [0.1, 0.15) is 57.7 Å². The Morgan fingerprint density at radius 3 is 0.932 bits per heavy atom. The number of halogens is 2. The summed E-state index contributed by atoms with van der Waals surface area (Å²) < 4.78 is 65.7. The third kappa shape index (κ3) is 31.1. The van der Waals surface area contributed by atoms with Crippen molar-refractivity contribution < 1.29 is 119 Å². The molecule has 2 aliphatic carbocycles. The first kappa shape index (κ1) is 117. The first-order chi connectivity index (χ1) is 70.0. The lowest BCUT2D eigenvalue weighted by molar-refractivity contribution is -0.122. The molecular formula is C113H120BrClO25S7. The Hall–Kier alpha value is -12.1. The Bertz CT molecular complexity index is 6890. The van der Waals surface area contributed by atoms with Crippen LogP contribution in [-0.2, 0) is 33.6 Å². The molecule has 0 aliphatic heterocycles. The molecule has 0 bridgehead atoms. The van der Waals surface area contributed by atoms with Gasteiger partial charge in [0.15, 0.2) is 86.5 Å². The topological polar surface area (TPSA) is 341 Å². The van der Waals surface area contributed by atoms with E-state index in [2.05, 4.69) is 22.5 Å². The number of carbonyl (C=O) groups is 14. The molecule has 2 fully saturated rings. The van der Waals surface area contributed by atoms with E-state index in [0.717, 1.165) is 105 Å². The molecular weight excluding hydrogens is 2100 g/mol. The summed E-state index contributed by atoms with van der Waals surface area (Å²) in [5.41, 5.74) is 0.907. The number of Topliss-reactive ketones (excluding diaryl/α,β-unsaturated/α-hetero) is 14. The Morgan fingerprint density at radius 1 is 0.340 bits per heavy atom. The molecule has 0 N–H and O–H groups in total. The van der Waals surface area contributed by atoms with Crippen LogP contribution in [0, 0.1) is 41.4 Å². The third-order valence-electron chi connectivity index (χ3n) is 24.8. The van der Waals surface area contributed by atoms with Gasteiger partial charge in [0, 0.05) is 150 Å². The normalized spacial score (nSPS) is 13.3. The molecule has 25 nitrogen and oxygen atoms in total. The highest BCUT2D eigenvalue weighted by atomic mass is 79.9. The molecule has 7 heterocycles. The molecule has 0 radical (unpaired) electrons. The van der Waals surface area contributed by atoms with Crippen molar-refractivity contribution in [3.8, 4) is 63.2 Å². The van der Waals surface area contributed by atoms with Crippen LogP contribution in [0.2, 0.25) is 5.02 Å². The van der Waals surface area contributed by atoms with Crippen LogP contribution in [0.5, 0.6) is 63.2 Å². The van der Waals surface area contributed by atoms with Crippen LogP contribution in [0.4, 0.5) is 0 Å². The number of fused-ring (bicyclic) bond motifs is 7. The molecule has 5 atom stereocenters. The van der Waals surface area contributed by atoms with E-state index in [0.29, 0.717) is 129 Å². The summed E-state index contributed by atoms with van der Waals surface area (Å²) in [6.45, 7) is 20.4. The van der Waals surface area contributed by atoms with Crippen LogP contribution < -0.4 is 52.1 Å². The van der Waals surface area contributed by atoms with Gasteiger partial charge in [-0.3, -0.25) is 52.7 Å². The number of methoxy groups -OCH3 is 11. The molecule has 34 heteroatoms. The predicted molar refractivity (Wildman–Crippen MR) is 594 cm³/mol. The van der Waals surface area contributed by atoms with Crippen LogP contribution in [-0.4, -0.2) is 159 Å². The van der Waals surface area contributed by atoms with E-state index in [-0.39, 0.29) is 155 Å². The predicted octanol–water partition coefficient (Wildman–Crippen LogP) is 28.3. The van der Waals surface area contributed by atoms with Crippen molar-refractivity contribution in [2.75, 3.05) is 78.2 Å². The van der Waals surface area contributed by atoms with E-state index >= 15 is 0 Å². The van der Waals surface area contributed by atoms with E-state index in [9.17, 15) is 67.1 Å². The zero-order valence-electron chi connectivity index (χ0n) is 86.0. The van der Waals surface area contributed by atoms with Gasteiger partial charge in [0.25, 0.3) is 0 Å². The third-order valence-corrected chi connectivity index (χ3v) is 33.6. The minimum Gasteiger partial charge on any atom is -0.496 e. The van der Waals surface area contributed by atoms with E-state index in [1.54, 1.807) is 118 Å². The minimum atomic E-state index is -0.225. The summed E-state index contributed by atoms with van der Waals surface area (Å²) in [7, 11) is 17.5. The van der Waals surface area contributed by atoms with Crippen LogP contribution in [0.3, 0.4) is 0 Å². The SMILES string of the molecule is C=Cc1cc2sc(C(=O)CCC(C)=O)cc2cc1OC.CCC(CC(=O)c1cc2cc(OC)c(OC)cc2s1)C(C)=O.COc1cc2cc(C(=O)C3CC3C(C)=O)sc2cc1OC.COc1cc2cc(C(=O)CC(C(C)=O)C(C)C)sc2cc1OC.COc1cc2cc(C(=O)CC(C(C)=O)C3CC3)sc2cc1OC.COc1cc2cc(C(=O)CCC(C)=O)sc2cc1Br.COc1cc2sc(C(=O)CCC(C)=O)cc2cc1Cl. The van der Waals surface area contributed by atoms with Crippen molar-refractivity contribution in [1.82, 2.24) is 0 Å². The maximum atomic E-state index is 12.6. The fourth-order valence-electron chi connectivity index (χ4n) is 16.1. The highest BCUT2D eigenvalue weighted by Crippen LogP contribution is 2.48. The molecule has 778 valence electrons. The summed E-state index contributed by atoms with van der Waals surface area (Å²) in [6.07, 6.45) is 7.79. The Balaban J connectivity index is 0.000000176. The maximum absolute atomic E-state index is 12.6. The van der Waals surface area contributed by atoms with Gasteiger partial charge in [-0.25, -0.2) is 0 Å². The van der Waals surface area contributed by atoms with Crippen LogP contribution in [0.25, 0.3) is 76.7 Å². The van der Waals surface area contributed by atoms with Gasteiger partial charge in [0.2, 0.25) is 0 Å². The van der Waals surface area contributed by atoms with E-state index in [4.69, 9.17) is 63.7 Å². The van der Waals surface area contributed by atoms with Crippen molar-refractivity contribution in [3.63, 3.8) is 0 Å².